The van der Waals surface area contributed by atoms with Crippen molar-refractivity contribution in [3.05, 3.63) is 26.9 Å². The third kappa shape index (κ3) is 2.53. The van der Waals surface area contributed by atoms with Gasteiger partial charge in [0.05, 0.1) is 22.4 Å². The maximum absolute atomic E-state index is 3.96. The van der Waals surface area contributed by atoms with Crippen LogP contribution in [-0.4, -0.2) is 11.2 Å². The first-order valence-electron chi connectivity index (χ1n) is 2.93. The largest absolute Gasteiger partial charge is 0.262 e. The summed E-state index contributed by atoms with van der Waals surface area (Å²) in [5.41, 5.74) is 0.942. The van der Waals surface area contributed by atoms with Gasteiger partial charge in [-0.3, -0.25) is 4.98 Å². The summed E-state index contributed by atoms with van der Waals surface area (Å²) < 4.78 is 4.27. The van der Waals surface area contributed by atoms with Crippen LogP contribution < -0.4 is 4.45 Å². The SMILES string of the molecule is BrNN=Cc1c(Br)cncc1Br. The van der Waals surface area contributed by atoms with E-state index in [1.165, 1.54) is 0 Å². The highest BCUT2D eigenvalue weighted by Crippen LogP contribution is 2.21. The number of hydrogen-bond donors (Lipinski definition) is 1. The molecule has 0 aliphatic rings. The monoisotopic (exact) mass is 355 g/mol. The van der Waals surface area contributed by atoms with Crippen molar-refractivity contribution in [2.45, 2.75) is 0 Å². The second kappa shape index (κ2) is 4.94. The van der Waals surface area contributed by atoms with E-state index in [9.17, 15) is 0 Å². The van der Waals surface area contributed by atoms with Gasteiger partial charge in [-0.05, 0) is 31.9 Å². The Morgan fingerprint density at radius 3 is 2.42 bits per heavy atom. The second-order valence-electron chi connectivity index (χ2n) is 1.86. The predicted molar refractivity (Wildman–Crippen MR) is 59.3 cm³/mol. The maximum Gasteiger partial charge on any atom is 0.0656 e. The standard InChI is InChI=1S/C6H4Br3N3/c7-5-2-10-3-6(8)4(5)1-11-12-9/h1-3,12H. The van der Waals surface area contributed by atoms with Gasteiger partial charge in [0.2, 0.25) is 0 Å². The minimum Gasteiger partial charge on any atom is -0.262 e. The summed E-state index contributed by atoms with van der Waals surface area (Å²) in [6.45, 7) is 0. The average molecular weight is 358 g/mol. The van der Waals surface area contributed by atoms with E-state index in [2.05, 4.69) is 62.5 Å². The van der Waals surface area contributed by atoms with Gasteiger partial charge >= 0.3 is 0 Å². The minimum atomic E-state index is 0.892. The Balaban J connectivity index is 3.04. The molecule has 0 saturated heterocycles. The number of pyridine rings is 1. The van der Waals surface area contributed by atoms with Crippen molar-refractivity contribution in [1.29, 1.82) is 0 Å². The van der Waals surface area contributed by atoms with E-state index in [0.29, 0.717) is 0 Å². The highest BCUT2D eigenvalue weighted by molar-refractivity contribution is 9.11. The van der Waals surface area contributed by atoms with Crippen molar-refractivity contribution in [2.24, 2.45) is 5.10 Å². The fourth-order valence-corrected chi connectivity index (χ4v) is 1.87. The number of nitrogens with zero attached hydrogens (tertiary/aromatic N) is 2. The number of rotatable bonds is 2. The van der Waals surface area contributed by atoms with Crippen LogP contribution in [0.1, 0.15) is 5.56 Å². The molecule has 0 bridgehead atoms. The van der Waals surface area contributed by atoms with Gasteiger partial charge in [0.15, 0.2) is 0 Å². The van der Waals surface area contributed by atoms with Crippen LogP contribution in [0.4, 0.5) is 0 Å². The zero-order valence-electron chi connectivity index (χ0n) is 5.76. The molecule has 0 fully saturated rings. The summed E-state index contributed by atoms with van der Waals surface area (Å²) in [6.07, 6.45) is 5.09. The van der Waals surface area contributed by atoms with Gasteiger partial charge in [0.25, 0.3) is 0 Å². The molecule has 0 amide bonds. The van der Waals surface area contributed by atoms with Crippen LogP contribution in [-0.2, 0) is 0 Å². The molecule has 0 unspecified atom stereocenters. The molecule has 0 atom stereocenters. The number of hydrazone groups is 1. The van der Waals surface area contributed by atoms with Gasteiger partial charge in [-0.15, -0.1) is 0 Å². The van der Waals surface area contributed by atoms with Gasteiger partial charge in [0, 0.05) is 26.9 Å². The van der Waals surface area contributed by atoms with Crippen molar-refractivity contribution in [1.82, 2.24) is 9.44 Å². The minimum absolute atomic E-state index is 0.892. The van der Waals surface area contributed by atoms with Gasteiger partial charge in [-0.2, -0.15) is 5.10 Å². The van der Waals surface area contributed by atoms with Crippen molar-refractivity contribution in [3.8, 4) is 0 Å². The second-order valence-corrected chi connectivity index (χ2v) is 3.92. The van der Waals surface area contributed by atoms with Crippen molar-refractivity contribution < 1.29 is 0 Å². The highest BCUT2D eigenvalue weighted by atomic mass is 79.9. The summed E-state index contributed by atoms with van der Waals surface area (Å²) in [4.78, 5) is 3.96. The highest BCUT2D eigenvalue weighted by Gasteiger charge is 2.01. The van der Waals surface area contributed by atoms with Crippen molar-refractivity contribution in [2.75, 3.05) is 0 Å². The van der Waals surface area contributed by atoms with E-state index in [-0.39, 0.29) is 0 Å². The van der Waals surface area contributed by atoms with Crippen LogP contribution in [0, 0.1) is 0 Å². The Hall–Kier alpha value is 0.0600. The number of aromatic nitrogens is 1. The molecule has 6 heteroatoms. The fourth-order valence-electron chi connectivity index (χ4n) is 0.634. The maximum atomic E-state index is 3.96. The quantitative estimate of drug-likeness (QED) is 0.502. The van der Waals surface area contributed by atoms with E-state index in [4.69, 9.17) is 0 Å². The van der Waals surface area contributed by atoms with E-state index >= 15 is 0 Å². The molecule has 1 N–H and O–H groups in total. The van der Waals surface area contributed by atoms with Gasteiger partial charge in [0.1, 0.15) is 0 Å². The number of nitrogens with one attached hydrogen (secondary N) is 1. The Morgan fingerprint density at radius 2 is 1.92 bits per heavy atom. The van der Waals surface area contributed by atoms with Gasteiger partial charge in [-0.25, -0.2) is 4.45 Å². The molecule has 3 nitrogen and oxygen atoms in total. The Morgan fingerprint density at radius 1 is 1.33 bits per heavy atom. The molecule has 0 aliphatic carbocycles. The lowest BCUT2D eigenvalue weighted by Gasteiger charge is -1.98. The summed E-state index contributed by atoms with van der Waals surface area (Å²) in [7, 11) is 0. The fraction of sp³-hybridized carbons (Fsp3) is 0. The molecule has 1 rings (SSSR count). The van der Waals surface area contributed by atoms with Gasteiger partial charge in [-0.1, -0.05) is 0 Å². The molecular formula is C6H4Br3N3. The summed E-state index contributed by atoms with van der Waals surface area (Å²) in [5, 5.41) is 3.82. The van der Waals surface area contributed by atoms with Gasteiger partial charge < -0.3 is 0 Å². The lowest BCUT2D eigenvalue weighted by molar-refractivity contribution is 1.15. The predicted octanol–water partition coefficient (Wildman–Crippen LogP) is 2.84. The molecular weight excluding hydrogens is 354 g/mol. The molecule has 1 aromatic rings. The molecule has 0 aliphatic heterocycles. The van der Waals surface area contributed by atoms with E-state index in [1.807, 2.05) is 0 Å². The van der Waals surface area contributed by atoms with Crippen molar-refractivity contribution >= 4 is 54.2 Å². The van der Waals surface area contributed by atoms with E-state index < -0.39 is 0 Å². The Labute approximate surface area is 95.2 Å². The zero-order chi connectivity index (χ0) is 8.97. The third-order valence-corrected chi connectivity index (χ3v) is 2.60. The average Bonchev–Trinajstić information content (AvgIpc) is 2.04. The molecule has 64 valence electrons. The van der Waals surface area contributed by atoms with Crippen LogP contribution >= 0.6 is 48.0 Å². The van der Waals surface area contributed by atoms with Crippen LogP contribution in [0.25, 0.3) is 0 Å². The first-order valence-corrected chi connectivity index (χ1v) is 5.31. The van der Waals surface area contributed by atoms with E-state index in [1.54, 1.807) is 18.6 Å². The smallest absolute Gasteiger partial charge is 0.0656 e. The summed E-state index contributed by atoms with van der Waals surface area (Å²) in [6, 6.07) is 0. The topological polar surface area (TPSA) is 37.3 Å². The molecule has 12 heavy (non-hydrogen) atoms. The molecule has 1 aromatic heterocycles. The van der Waals surface area contributed by atoms with Crippen molar-refractivity contribution in [3.63, 3.8) is 0 Å². The van der Waals surface area contributed by atoms with Crippen LogP contribution in [0.3, 0.4) is 0 Å². The van der Waals surface area contributed by atoms with Crippen LogP contribution in [0.2, 0.25) is 0 Å². The molecule has 1 heterocycles. The van der Waals surface area contributed by atoms with Crippen LogP contribution in [0.5, 0.6) is 0 Å². The summed E-state index contributed by atoms with van der Waals surface area (Å²) in [5.74, 6) is 0. The molecule has 0 aromatic carbocycles. The summed E-state index contributed by atoms with van der Waals surface area (Å²) >= 11 is 9.66. The number of hydrogen-bond acceptors (Lipinski definition) is 3. The third-order valence-electron chi connectivity index (χ3n) is 1.13. The number of halogens is 3. The lowest BCUT2D eigenvalue weighted by Crippen LogP contribution is -1.91. The van der Waals surface area contributed by atoms with E-state index in [0.717, 1.165) is 14.5 Å². The Kier molecular flexibility index (Phi) is 4.17. The first-order chi connectivity index (χ1) is 5.75. The Bertz CT molecular complexity index is 280. The zero-order valence-corrected chi connectivity index (χ0v) is 10.5. The molecule has 0 radical (unpaired) electrons. The first kappa shape index (κ1) is 10.1. The molecule has 0 spiro atoms. The normalized spacial score (nSPS) is 10.6. The molecule has 0 saturated carbocycles. The van der Waals surface area contributed by atoms with Crippen LogP contribution in [0.15, 0.2) is 26.4 Å². The lowest BCUT2D eigenvalue weighted by atomic mass is 10.3.